The van der Waals surface area contributed by atoms with Crippen LogP contribution in [-0.2, 0) is 0 Å². The quantitative estimate of drug-likeness (QED) is 0.492. The van der Waals surface area contributed by atoms with Crippen molar-refractivity contribution in [1.82, 2.24) is 50.8 Å². The van der Waals surface area contributed by atoms with E-state index < -0.39 is 0 Å². The largest absolute Gasteiger partial charge is 0.265 e. The monoisotopic (exact) mass is 268 g/mol. The average Bonchev–Trinajstić information content (AvgIpc) is 3.20. The second-order valence-corrected chi connectivity index (χ2v) is 3.50. The first kappa shape index (κ1) is 11.8. The Labute approximate surface area is 111 Å². The highest BCUT2D eigenvalue weighted by Gasteiger charge is 2.00. The molecule has 0 bridgehead atoms. The van der Waals surface area contributed by atoms with Crippen LogP contribution >= 0.6 is 0 Å². The van der Waals surface area contributed by atoms with E-state index in [2.05, 4.69) is 50.8 Å². The van der Waals surface area contributed by atoms with Crippen LogP contribution in [-0.4, -0.2) is 50.8 Å². The predicted octanol–water partition coefficient (Wildman–Crippen LogP) is 0.00960. The lowest BCUT2D eigenvalue weighted by atomic mass is 10.4. The average molecular weight is 268 g/mol. The van der Waals surface area contributed by atoms with Gasteiger partial charge in [-0.25, -0.2) is 19.9 Å². The van der Waals surface area contributed by atoms with Gasteiger partial charge < -0.3 is 0 Å². The van der Waals surface area contributed by atoms with Gasteiger partial charge in [0, 0.05) is 12.4 Å². The number of hydrogen-bond donors (Lipinski definition) is 2. The van der Waals surface area contributed by atoms with Gasteiger partial charge in [0.15, 0.2) is 5.82 Å². The molecule has 10 nitrogen and oxygen atoms in total. The van der Waals surface area contributed by atoms with Crippen molar-refractivity contribution in [2.45, 2.75) is 0 Å². The molecule has 98 valence electrons. The second kappa shape index (κ2) is 5.56. The summed E-state index contributed by atoms with van der Waals surface area (Å²) in [4.78, 5) is 15.6. The fraction of sp³-hybridized carbons (Fsp3) is 0. The van der Waals surface area contributed by atoms with E-state index in [1.54, 1.807) is 30.9 Å². The zero-order valence-electron chi connectivity index (χ0n) is 10.0. The molecule has 0 spiro atoms. The van der Waals surface area contributed by atoms with E-state index in [9.17, 15) is 0 Å². The minimum Gasteiger partial charge on any atom is -0.265 e. The summed E-state index contributed by atoms with van der Waals surface area (Å²) >= 11 is 0. The van der Waals surface area contributed by atoms with Crippen LogP contribution in [0.3, 0.4) is 0 Å². The molecule has 10 heteroatoms. The highest BCUT2D eigenvalue weighted by Crippen LogP contribution is 2.05. The van der Waals surface area contributed by atoms with Crippen LogP contribution in [0.4, 0.5) is 0 Å². The van der Waals surface area contributed by atoms with Crippen molar-refractivity contribution in [3.05, 3.63) is 37.2 Å². The van der Waals surface area contributed by atoms with Gasteiger partial charge in [0.05, 0.1) is 12.4 Å². The Morgan fingerprint density at radius 3 is 2.60 bits per heavy atom. The number of aromatic amines is 2. The lowest BCUT2D eigenvalue weighted by Gasteiger charge is -1.88. The van der Waals surface area contributed by atoms with Gasteiger partial charge in [-0.15, -0.1) is 10.2 Å². The SMILES string of the molecule is c1cnc(-c2c[nH]nn2)nc1.c1ncc2[nH]nnc2n1. The lowest BCUT2D eigenvalue weighted by molar-refractivity contribution is 0.938. The fourth-order valence-corrected chi connectivity index (χ4v) is 1.35. The molecule has 0 radical (unpaired) electrons. The smallest absolute Gasteiger partial charge is 0.204 e. The number of fused-ring (bicyclic) bond motifs is 1. The molecule has 4 aromatic rings. The number of aromatic nitrogens is 10. The standard InChI is InChI=1S/C6H5N5.C4H3N5/c1-2-7-6(8-3-1)5-4-9-11-10-5;1-3-4(6-2-5-1)8-9-7-3/h1-4H,(H,9,10,11);1-2H,(H,5,6,7,8,9). The van der Waals surface area contributed by atoms with Crippen LogP contribution in [0, 0.1) is 0 Å². The summed E-state index contributed by atoms with van der Waals surface area (Å²) in [6.45, 7) is 0. The van der Waals surface area contributed by atoms with E-state index in [1.807, 2.05) is 0 Å². The van der Waals surface area contributed by atoms with Crippen molar-refractivity contribution in [2.75, 3.05) is 0 Å². The third-order valence-corrected chi connectivity index (χ3v) is 2.22. The minimum atomic E-state index is 0.584. The van der Waals surface area contributed by atoms with Crippen LogP contribution < -0.4 is 0 Å². The molecule has 0 fully saturated rings. The molecule has 0 saturated carbocycles. The molecule has 0 unspecified atom stereocenters. The van der Waals surface area contributed by atoms with Crippen LogP contribution in [0.1, 0.15) is 0 Å². The molecule has 0 aromatic carbocycles. The van der Waals surface area contributed by atoms with E-state index in [0.717, 1.165) is 5.52 Å². The summed E-state index contributed by atoms with van der Waals surface area (Å²) in [5, 5.41) is 19.7. The van der Waals surface area contributed by atoms with Crippen molar-refractivity contribution in [3.8, 4) is 11.5 Å². The Morgan fingerprint density at radius 2 is 1.85 bits per heavy atom. The first-order chi connectivity index (χ1) is 9.93. The molecular weight excluding hydrogens is 260 g/mol. The molecule has 2 N–H and O–H groups in total. The van der Waals surface area contributed by atoms with E-state index in [1.165, 1.54) is 6.33 Å². The summed E-state index contributed by atoms with van der Waals surface area (Å²) in [6.07, 6.45) is 8.04. The van der Waals surface area contributed by atoms with Gasteiger partial charge in [0.2, 0.25) is 5.65 Å². The van der Waals surface area contributed by atoms with Gasteiger partial charge in [0.1, 0.15) is 17.5 Å². The van der Waals surface area contributed by atoms with Gasteiger partial charge in [0.25, 0.3) is 0 Å². The summed E-state index contributed by atoms with van der Waals surface area (Å²) in [7, 11) is 0. The van der Waals surface area contributed by atoms with Gasteiger partial charge in [-0.2, -0.15) is 0 Å². The molecular formula is C10H8N10. The third-order valence-electron chi connectivity index (χ3n) is 2.22. The van der Waals surface area contributed by atoms with Gasteiger partial charge in [-0.05, 0) is 6.07 Å². The normalized spacial score (nSPS) is 10.0. The second-order valence-electron chi connectivity index (χ2n) is 3.50. The summed E-state index contributed by atoms with van der Waals surface area (Å²) in [5.74, 6) is 0.584. The Morgan fingerprint density at radius 1 is 0.950 bits per heavy atom. The first-order valence-electron chi connectivity index (χ1n) is 5.54. The molecule has 20 heavy (non-hydrogen) atoms. The number of nitrogens with zero attached hydrogens (tertiary/aromatic N) is 8. The van der Waals surface area contributed by atoms with Crippen molar-refractivity contribution in [2.24, 2.45) is 0 Å². The summed E-state index contributed by atoms with van der Waals surface area (Å²) in [5.41, 5.74) is 2.02. The molecule has 0 aliphatic carbocycles. The molecule has 4 aromatic heterocycles. The topological polar surface area (TPSA) is 135 Å². The third kappa shape index (κ3) is 2.58. The molecule has 4 rings (SSSR count). The zero-order chi connectivity index (χ0) is 13.6. The van der Waals surface area contributed by atoms with Gasteiger partial charge >= 0.3 is 0 Å². The maximum Gasteiger partial charge on any atom is 0.204 e. The maximum atomic E-state index is 3.99. The van der Waals surface area contributed by atoms with E-state index in [0.29, 0.717) is 17.2 Å². The molecule has 0 amide bonds. The molecule has 4 heterocycles. The number of rotatable bonds is 1. The fourth-order valence-electron chi connectivity index (χ4n) is 1.35. The van der Waals surface area contributed by atoms with Crippen molar-refractivity contribution < 1.29 is 0 Å². The number of nitrogens with one attached hydrogen (secondary N) is 2. The van der Waals surface area contributed by atoms with Crippen LogP contribution in [0.25, 0.3) is 22.7 Å². The first-order valence-corrected chi connectivity index (χ1v) is 5.54. The Kier molecular flexibility index (Phi) is 3.27. The molecule has 0 aliphatic heterocycles. The van der Waals surface area contributed by atoms with Crippen LogP contribution in [0.5, 0.6) is 0 Å². The zero-order valence-corrected chi connectivity index (χ0v) is 10.0. The highest BCUT2D eigenvalue weighted by molar-refractivity contribution is 5.66. The van der Waals surface area contributed by atoms with Crippen molar-refractivity contribution in [1.29, 1.82) is 0 Å². The van der Waals surface area contributed by atoms with Gasteiger partial charge in [-0.1, -0.05) is 10.4 Å². The highest BCUT2D eigenvalue weighted by atomic mass is 15.3. The summed E-state index contributed by atoms with van der Waals surface area (Å²) < 4.78 is 0. The number of hydrogen-bond acceptors (Lipinski definition) is 8. The maximum absolute atomic E-state index is 3.99. The van der Waals surface area contributed by atoms with E-state index in [4.69, 9.17) is 0 Å². The molecule has 0 saturated heterocycles. The van der Waals surface area contributed by atoms with Crippen molar-refractivity contribution >= 4 is 11.2 Å². The summed E-state index contributed by atoms with van der Waals surface area (Å²) in [6, 6.07) is 1.75. The Hall–Kier alpha value is -3.30. The molecule has 0 aliphatic rings. The lowest BCUT2D eigenvalue weighted by Crippen LogP contribution is -1.85. The Balaban J connectivity index is 0.000000123. The minimum absolute atomic E-state index is 0.584. The van der Waals surface area contributed by atoms with Gasteiger partial charge in [-0.3, -0.25) is 10.2 Å². The predicted molar refractivity (Wildman–Crippen MR) is 66.9 cm³/mol. The van der Waals surface area contributed by atoms with Crippen molar-refractivity contribution in [3.63, 3.8) is 0 Å². The van der Waals surface area contributed by atoms with E-state index >= 15 is 0 Å². The van der Waals surface area contributed by atoms with Crippen LogP contribution in [0.15, 0.2) is 37.2 Å². The van der Waals surface area contributed by atoms with E-state index in [-0.39, 0.29) is 0 Å². The van der Waals surface area contributed by atoms with Crippen LogP contribution in [0.2, 0.25) is 0 Å². The number of H-pyrrole nitrogens is 2. The molecule has 0 atom stereocenters. The Bertz CT molecular complexity index is 733.